The van der Waals surface area contributed by atoms with Crippen LogP contribution in [0.25, 0.3) is 10.9 Å². The first kappa shape index (κ1) is 62.5. The summed E-state index contributed by atoms with van der Waals surface area (Å²) in [6.45, 7) is 10.8. The van der Waals surface area contributed by atoms with Gasteiger partial charge in [-0.1, -0.05) is 62.2 Å². The van der Waals surface area contributed by atoms with Gasteiger partial charge in [0.2, 0.25) is 11.8 Å². The fourth-order valence-corrected chi connectivity index (χ4v) is 10.9. The SMILES string of the molecule is COc1cc2cc(c1Cl)N(C)C(=O)C[C@H](OC(=O)Nc1ccc3nc(CC(=O)[C@H](CCCNC(N)=O)NC(=O)[C@@H](CC(=O)CCCCC(C)=O)C(C)C)ccc3c1)[C@]1(C)O[C@H]1[C@H](C)[C@@H]1C[C@@](O)(CC(=O)O1)[C@H](OC)/C=C/C=C(\C)C2. The molecule has 5 amide bonds. The quantitative estimate of drug-likeness (QED) is 0.0390. The number of nitrogens with one attached hydrogen (secondary N) is 3. The molecule has 4 bridgehead atoms. The van der Waals surface area contributed by atoms with E-state index < -0.39 is 83.4 Å². The van der Waals surface area contributed by atoms with Crippen LogP contribution in [0.5, 0.6) is 5.75 Å². The molecule has 0 saturated carbocycles. The van der Waals surface area contributed by atoms with Crippen molar-refractivity contribution in [3.63, 3.8) is 0 Å². The number of epoxide rings is 1. The van der Waals surface area contributed by atoms with Gasteiger partial charge in [0, 0.05) is 75.0 Å². The number of carbonyl (C=O) groups excluding carboxylic acids is 8. The number of allylic oxidation sites excluding steroid dienone is 3. The second-order valence-electron chi connectivity index (χ2n) is 22.0. The zero-order valence-electron chi connectivity index (χ0n) is 47.2. The van der Waals surface area contributed by atoms with Gasteiger partial charge in [-0.3, -0.25) is 34.3 Å². The van der Waals surface area contributed by atoms with Crippen molar-refractivity contribution in [2.45, 2.75) is 160 Å². The van der Waals surface area contributed by atoms with Crippen LogP contribution in [0.1, 0.15) is 117 Å². The zero-order valence-corrected chi connectivity index (χ0v) is 47.9. The van der Waals surface area contributed by atoms with Crippen LogP contribution < -0.4 is 31.3 Å². The van der Waals surface area contributed by atoms with Gasteiger partial charge in [-0.2, -0.15) is 0 Å². The number of ketones is 3. The number of unbranched alkanes of at least 4 members (excludes halogenated alkanes) is 1. The molecule has 2 fully saturated rings. The summed E-state index contributed by atoms with van der Waals surface area (Å²) in [6.07, 6.45) is 2.63. The number of ether oxygens (including phenoxy) is 5. The van der Waals surface area contributed by atoms with Gasteiger partial charge >= 0.3 is 18.1 Å². The maximum Gasteiger partial charge on any atom is 0.412 e. The Kier molecular flexibility index (Phi) is 21.6. The summed E-state index contributed by atoms with van der Waals surface area (Å²) >= 11 is 6.85. The summed E-state index contributed by atoms with van der Waals surface area (Å²) in [6, 6.07) is 10.2. The Morgan fingerprint density at radius 3 is 2.45 bits per heavy atom. The number of rotatable bonds is 21. The fourth-order valence-electron chi connectivity index (χ4n) is 10.6. The lowest BCUT2D eigenvalue weighted by Gasteiger charge is -2.41. The number of urea groups is 1. The number of esters is 1. The Balaban J connectivity index is 1.20. The highest BCUT2D eigenvalue weighted by Crippen LogP contribution is 2.50. The molecule has 80 heavy (non-hydrogen) atoms. The van der Waals surface area contributed by atoms with Crippen molar-refractivity contribution in [1.82, 2.24) is 15.6 Å². The van der Waals surface area contributed by atoms with Crippen molar-refractivity contribution >= 4 is 81.1 Å². The van der Waals surface area contributed by atoms with E-state index in [-0.39, 0.29) is 79.8 Å². The average molecular weight is 1130 g/mol. The Morgan fingerprint density at radius 2 is 1.76 bits per heavy atom. The number of hydrogen-bond donors (Lipinski definition) is 5. The molecular formula is C59H77ClN6O14. The van der Waals surface area contributed by atoms with E-state index in [0.717, 1.165) is 11.1 Å². The number of aliphatic hydroxyl groups is 1. The molecular weight excluding hydrogens is 1050 g/mol. The third-order valence-corrected chi connectivity index (χ3v) is 15.7. The van der Waals surface area contributed by atoms with Crippen molar-refractivity contribution in [3.05, 3.63) is 82.5 Å². The highest BCUT2D eigenvalue weighted by molar-refractivity contribution is 6.35. The normalized spacial score (nSPS) is 25.0. The van der Waals surface area contributed by atoms with Crippen molar-refractivity contribution in [2.75, 3.05) is 38.0 Å². The highest BCUT2D eigenvalue weighted by Gasteiger charge is 2.64. The monoisotopic (exact) mass is 1130 g/mol. The standard InChI is InChI=1S/C59H77ClN6O14/c1-33(2)42(29-41(68)16-11-10-15-35(4)67)55(72)65-44(17-13-23-62-56(61)73)46(69)28-40-20-19-38-27-39(21-22-43(38)63-40)64-57(74)79-50-30-51(70)66(7)45-25-37(26-47(76-8)53(45)60)24-34(3)14-12-18-49(77-9)59(75)31-48(78-52(71)32-59)36(5)54-58(50,6)80-54/h12,14,18-22,25-27,33,36,42,44,48-50,54,75H,10-11,13,15-17,23-24,28-32H2,1-9H3,(H,64,74)(H,65,72)(H3,61,62,73)/b18-12+,34-14+/t36-,42+,44+,48+,49-,50+,54+,58+,59-/m1/s1. The predicted molar refractivity (Wildman–Crippen MR) is 300 cm³/mol. The molecule has 20 nitrogen and oxygen atoms in total. The number of nitrogens with two attached hydrogens (primary N) is 1. The Labute approximate surface area is 472 Å². The van der Waals surface area contributed by atoms with Gasteiger partial charge in [-0.05, 0) is 101 Å². The molecule has 434 valence electrons. The largest absolute Gasteiger partial charge is 0.495 e. The third kappa shape index (κ3) is 16.4. The van der Waals surface area contributed by atoms with E-state index in [9.17, 15) is 43.5 Å². The topological polar surface area (TPSA) is 284 Å². The minimum absolute atomic E-state index is 0.0127. The number of pyridine rings is 1. The summed E-state index contributed by atoms with van der Waals surface area (Å²) in [4.78, 5) is 111. The number of benzene rings is 2. The number of amides is 5. The number of fused-ring (bicyclic) bond motifs is 6. The molecule has 1 aromatic heterocycles. The first-order valence-corrected chi connectivity index (χ1v) is 27.6. The van der Waals surface area contributed by atoms with Crippen LogP contribution in [0.2, 0.25) is 5.02 Å². The summed E-state index contributed by atoms with van der Waals surface area (Å²) in [5.74, 6) is -3.06. The number of methoxy groups -OCH3 is 2. The maximum atomic E-state index is 14.4. The molecule has 3 aliphatic rings. The second-order valence-corrected chi connectivity index (χ2v) is 22.4. The third-order valence-electron chi connectivity index (χ3n) is 15.3. The van der Waals surface area contributed by atoms with Crippen molar-refractivity contribution in [2.24, 2.45) is 23.5 Å². The lowest BCUT2D eigenvalue weighted by atomic mass is 9.78. The molecule has 3 aliphatic heterocycles. The van der Waals surface area contributed by atoms with Crippen LogP contribution in [0.3, 0.4) is 0 Å². The average Bonchev–Trinajstić information content (AvgIpc) is 4.29. The number of nitrogens with zero attached hydrogens (tertiary/aromatic N) is 2. The van der Waals surface area contributed by atoms with E-state index in [0.29, 0.717) is 65.8 Å². The van der Waals surface area contributed by atoms with Gasteiger partial charge in [0.15, 0.2) is 5.78 Å². The second kappa shape index (κ2) is 27.6. The Morgan fingerprint density at radius 1 is 1.02 bits per heavy atom. The van der Waals surface area contributed by atoms with Gasteiger partial charge in [0.1, 0.15) is 51.9 Å². The van der Waals surface area contributed by atoms with E-state index in [4.69, 9.17) is 46.0 Å². The van der Waals surface area contributed by atoms with Crippen LogP contribution in [-0.2, 0) is 60.6 Å². The summed E-state index contributed by atoms with van der Waals surface area (Å²) in [5, 5.41) is 20.9. The van der Waals surface area contributed by atoms with E-state index in [1.165, 1.54) is 26.0 Å². The van der Waals surface area contributed by atoms with Gasteiger partial charge < -0.3 is 54.9 Å². The first-order chi connectivity index (χ1) is 37.8. The molecule has 0 aliphatic carbocycles. The number of carbonyl (C=O) groups is 8. The van der Waals surface area contributed by atoms with Crippen molar-refractivity contribution in [3.8, 4) is 5.75 Å². The molecule has 4 heterocycles. The number of primary amides is 1. The molecule has 2 saturated heterocycles. The summed E-state index contributed by atoms with van der Waals surface area (Å²) in [7, 11) is 4.49. The van der Waals surface area contributed by atoms with Gasteiger partial charge in [0.25, 0.3) is 0 Å². The number of anilines is 2. The molecule has 6 rings (SSSR count). The van der Waals surface area contributed by atoms with Gasteiger partial charge in [-0.15, -0.1) is 0 Å². The predicted octanol–water partition coefficient (Wildman–Crippen LogP) is 7.60. The van der Waals surface area contributed by atoms with Crippen LogP contribution in [0.15, 0.2) is 66.3 Å². The molecule has 0 radical (unpaired) electrons. The highest BCUT2D eigenvalue weighted by atomic mass is 35.5. The van der Waals surface area contributed by atoms with Crippen molar-refractivity contribution < 1.29 is 67.1 Å². The van der Waals surface area contributed by atoms with E-state index in [1.54, 1.807) is 75.5 Å². The number of aromatic nitrogens is 1. The summed E-state index contributed by atoms with van der Waals surface area (Å²) in [5.41, 5.74) is 5.60. The lowest BCUT2D eigenvalue weighted by Crippen LogP contribution is -2.53. The van der Waals surface area contributed by atoms with E-state index in [2.05, 4.69) is 16.0 Å². The van der Waals surface area contributed by atoms with E-state index >= 15 is 0 Å². The first-order valence-electron chi connectivity index (χ1n) is 27.2. The molecule has 3 aromatic rings. The fraction of sp³-hybridized carbons (Fsp3) is 0.542. The van der Waals surface area contributed by atoms with Crippen LogP contribution in [0, 0.1) is 17.8 Å². The lowest BCUT2D eigenvalue weighted by molar-refractivity contribution is -0.187. The van der Waals surface area contributed by atoms with E-state index in [1.807, 2.05) is 26.8 Å². The number of hydrogen-bond acceptors (Lipinski definition) is 15. The molecule has 2 aromatic carbocycles. The minimum atomic E-state index is -1.63. The van der Waals surface area contributed by atoms with Crippen LogP contribution in [-0.4, -0.2) is 127 Å². The van der Waals surface area contributed by atoms with Crippen LogP contribution >= 0.6 is 11.6 Å². The molecule has 9 atom stereocenters. The Hall–Kier alpha value is -6.74. The maximum absolute atomic E-state index is 14.4. The zero-order chi connectivity index (χ0) is 58.6. The molecule has 21 heteroatoms. The smallest absolute Gasteiger partial charge is 0.412 e. The molecule has 0 spiro atoms. The minimum Gasteiger partial charge on any atom is -0.495 e. The van der Waals surface area contributed by atoms with Crippen LogP contribution in [0.4, 0.5) is 21.0 Å². The van der Waals surface area contributed by atoms with Crippen molar-refractivity contribution in [1.29, 1.82) is 0 Å². The number of Topliss-reactive ketones (excluding diaryl/α,β-unsaturated/α-hetero) is 3. The molecule has 0 unspecified atom stereocenters. The number of halogens is 1. The van der Waals surface area contributed by atoms with Gasteiger partial charge in [-0.25, -0.2) is 9.59 Å². The summed E-state index contributed by atoms with van der Waals surface area (Å²) < 4.78 is 29.7. The van der Waals surface area contributed by atoms with Gasteiger partial charge in [0.05, 0.1) is 49.7 Å². The Bertz CT molecular complexity index is 2880. The molecule has 6 N–H and O–H groups in total.